The molecule has 0 radical (unpaired) electrons. The maximum absolute atomic E-state index is 13.1. The molecule has 236 valence electrons. The highest BCUT2D eigenvalue weighted by molar-refractivity contribution is 8.00. The molecule has 0 bridgehead atoms. The number of nitrogens with two attached hydrogens (primary N) is 1. The highest BCUT2D eigenvalue weighted by Gasteiger charge is 2.55. The monoisotopic (exact) mass is 645 g/mol. The molecule has 5 N–H and O–H groups in total. The third-order valence-corrected chi connectivity index (χ3v) is 8.91. The molecule has 1 unspecified atom stereocenters. The second kappa shape index (κ2) is 15.6. The van der Waals surface area contributed by atoms with E-state index in [9.17, 15) is 24.3 Å². The van der Waals surface area contributed by atoms with Crippen LogP contribution in [0.2, 0.25) is 0 Å². The normalized spacial score (nSPS) is 18.0. The molecule has 4 rings (SSSR count). The van der Waals surface area contributed by atoms with Gasteiger partial charge in [0.05, 0.1) is 5.56 Å². The maximum atomic E-state index is 13.1. The van der Waals surface area contributed by atoms with Crippen LogP contribution in [0.4, 0.5) is 5.13 Å². The van der Waals surface area contributed by atoms with Gasteiger partial charge in [0.2, 0.25) is 11.5 Å². The summed E-state index contributed by atoms with van der Waals surface area (Å²) in [5, 5.41) is 18.9. The maximum Gasteiger partial charge on any atom is 0.352 e. The van der Waals surface area contributed by atoms with Crippen molar-refractivity contribution in [2.45, 2.75) is 70.3 Å². The van der Waals surface area contributed by atoms with Crippen molar-refractivity contribution in [2.75, 3.05) is 24.6 Å². The molecule has 0 aromatic carbocycles. The van der Waals surface area contributed by atoms with Gasteiger partial charge in [-0.05, 0) is 13.3 Å². The van der Waals surface area contributed by atoms with Crippen LogP contribution in [-0.2, 0) is 25.8 Å². The molecule has 3 amide bonds. The fourth-order valence-electron chi connectivity index (χ4n) is 4.80. The highest BCUT2D eigenvalue weighted by atomic mass is 32.2. The second-order valence-corrected chi connectivity index (χ2v) is 12.1. The molecule has 0 spiro atoms. The SMILES string of the molecule is CCCCCCCCNC(=O)c1cc[n+](CC2=C(C(=O)O)N3C(=O)C(NC(=O)C(=NOCC)c4nsc(N)n4)[C@@H]3SC2)cc1. The number of nitrogen functional groups attached to an aromatic ring is 1. The van der Waals surface area contributed by atoms with Crippen LogP contribution < -0.4 is 20.9 Å². The molecule has 14 nitrogen and oxygen atoms in total. The number of carboxylic acids is 1. The number of rotatable bonds is 16. The number of anilines is 1. The van der Waals surface area contributed by atoms with Gasteiger partial charge in [0.25, 0.3) is 17.7 Å². The van der Waals surface area contributed by atoms with Crippen molar-refractivity contribution < 1.29 is 33.7 Å². The van der Waals surface area contributed by atoms with Crippen molar-refractivity contribution in [2.24, 2.45) is 5.16 Å². The quantitative estimate of drug-likeness (QED) is 0.0686. The van der Waals surface area contributed by atoms with Crippen LogP contribution in [0.15, 0.2) is 41.0 Å². The van der Waals surface area contributed by atoms with Crippen molar-refractivity contribution in [1.29, 1.82) is 0 Å². The molecule has 1 fully saturated rings. The number of fused-ring (bicyclic) bond motifs is 1. The van der Waals surface area contributed by atoms with E-state index in [2.05, 4.69) is 32.1 Å². The van der Waals surface area contributed by atoms with E-state index >= 15 is 0 Å². The Morgan fingerprint density at radius 3 is 2.57 bits per heavy atom. The Morgan fingerprint density at radius 2 is 1.91 bits per heavy atom. The molecule has 1 saturated heterocycles. The summed E-state index contributed by atoms with van der Waals surface area (Å²) in [4.78, 5) is 61.2. The number of pyridine rings is 1. The standard InChI is InChI=1S/C28H36N8O6S2/c1-3-5-6-7-8-9-12-30-23(37)17-10-13-35(14-11-17)15-18-16-43-26-20(25(39)36(26)21(18)27(40)41)31-24(38)19(33-42-4-2)22-32-28(29)44-34-22/h10-11,13-14,20,26H,3-9,12,15-16H2,1-2H3,(H4-,29,30,31,32,34,37,38,40,41)/p+1/t20?,26-/m0/s1. The van der Waals surface area contributed by atoms with E-state index in [4.69, 9.17) is 10.6 Å². The Hall–Kier alpha value is -4.05. The van der Waals surface area contributed by atoms with E-state index in [0.29, 0.717) is 23.4 Å². The van der Waals surface area contributed by atoms with Crippen molar-refractivity contribution >= 4 is 57.8 Å². The first-order valence-electron chi connectivity index (χ1n) is 14.5. The van der Waals surface area contributed by atoms with E-state index in [-0.39, 0.29) is 41.4 Å². The van der Waals surface area contributed by atoms with E-state index in [1.165, 1.54) is 42.3 Å². The number of aliphatic carboxylic acids is 1. The van der Waals surface area contributed by atoms with Crippen LogP contribution >= 0.6 is 23.3 Å². The molecule has 16 heteroatoms. The van der Waals surface area contributed by atoms with Crippen molar-refractivity contribution in [3.8, 4) is 0 Å². The number of β-lactam (4-membered cyclic amide) rings is 1. The predicted molar refractivity (Wildman–Crippen MR) is 165 cm³/mol. The Labute approximate surface area is 263 Å². The molecule has 2 aromatic heterocycles. The minimum atomic E-state index is -1.24. The minimum Gasteiger partial charge on any atom is -0.477 e. The van der Waals surface area contributed by atoms with E-state index in [0.717, 1.165) is 24.4 Å². The van der Waals surface area contributed by atoms with Gasteiger partial charge in [0, 0.05) is 41.5 Å². The zero-order chi connectivity index (χ0) is 31.6. The molecule has 2 aromatic rings. The average molecular weight is 646 g/mol. The van der Waals surface area contributed by atoms with Gasteiger partial charge in [-0.1, -0.05) is 44.2 Å². The van der Waals surface area contributed by atoms with Gasteiger partial charge in [-0.25, -0.2) is 9.36 Å². The number of aromatic nitrogens is 3. The summed E-state index contributed by atoms with van der Waals surface area (Å²) < 4.78 is 5.75. The van der Waals surface area contributed by atoms with Gasteiger partial charge >= 0.3 is 5.97 Å². The van der Waals surface area contributed by atoms with Gasteiger partial charge in [-0.3, -0.25) is 19.3 Å². The number of amides is 3. The first-order valence-corrected chi connectivity index (χ1v) is 16.3. The molecule has 2 atom stereocenters. The van der Waals surface area contributed by atoms with E-state index in [1.54, 1.807) is 36.0 Å². The summed E-state index contributed by atoms with van der Waals surface area (Å²) in [5.41, 5.74) is 6.32. The third-order valence-electron chi connectivity index (χ3n) is 7.03. The van der Waals surface area contributed by atoms with E-state index < -0.39 is 29.2 Å². The molecular weight excluding hydrogens is 608 g/mol. The first kappa shape index (κ1) is 32.9. The van der Waals surface area contributed by atoms with Gasteiger partial charge in [0.1, 0.15) is 23.7 Å². The Balaban J connectivity index is 1.37. The molecule has 2 aliphatic rings. The van der Waals surface area contributed by atoms with Gasteiger partial charge in [-0.15, -0.1) is 11.8 Å². The van der Waals surface area contributed by atoms with Crippen LogP contribution in [0, 0.1) is 0 Å². The number of nitrogens with one attached hydrogen (secondary N) is 2. The molecule has 0 saturated carbocycles. The largest absolute Gasteiger partial charge is 0.477 e. The number of oxime groups is 1. The topological polar surface area (TPSA) is 193 Å². The van der Waals surface area contributed by atoms with Crippen LogP contribution in [0.5, 0.6) is 0 Å². The Morgan fingerprint density at radius 1 is 1.18 bits per heavy atom. The fraction of sp³-hybridized carbons (Fsp3) is 0.500. The average Bonchev–Trinajstić information content (AvgIpc) is 3.45. The number of carboxylic acid groups (broad SMARTS) is 1. The van der Waals surface area contributed by atoms with Gasteiger partial charge in [-0.2, -0.15) is 9.36 Å². The minimum absolute atomic E-state index is 0.0369. The highest BCUT2D eigenvalue weighted by Crippen LogP contribution is 2.40. The zero-order valence-electron chi connectivity index (χ0n) is 24.7. The molecule has 2 aliphatic heterocycles. The van der Waals surface area contributed by atoms with E-state index in [1.807, 2.05) is 0 Å². The summed E-state index contributed by atoms with van der Waals surface area (Å²) in [6, 6.07) is 2.39. The Kier molecular flexibility index (Phi) is 11.7. The first-order chi connectivity index (χ1) is 21.2. The molecule has 4 heterocycles. The lowest BCUT2D eigenvalue weighted by molar-refractivity contribution is -0.689. The van der Waals surface area contributed by atoms with Crippen molar-refractivity contribution in [3.05, 3.63) is 47.2 Å². The van der Waals surface area contributed by atoms with Crippen LogP contribution in [0.3, 0.4) is 0 Å². The van der Waals surface area contributed by atoms with Crippen molar-refractivity contribution in [1.82, 2.24) is 24.9 Å². The number of hydrogen-bond donors (Lipinski definition) is 4. The Bertz CT molecular complexity index is 1430. The summed E-state index contributed by atoms with van der Waals surface area (Å²) in [6.45, 7) is 4.89. The zero-order valence-corrected chi connectivity index (χ0v) is 26.3. The number of hydrogen-bond acceptors (Lipinski definition) is 11. The van der Waals surface area contributed by atoms with Crippen LogP contribution in [-0.4, -0.2) is 79.1 Å². The summed E-state index contributed by atoms with van der Waals surface area (Å²) >= 11 is 2.22. The number of nitrogens with zero attached hydrogens (tertiary/aromatic N) is 5. The predicted octanol–water partition coefficient (Wildman–Crippen LogP) is 1.68. The van der Waals surface area contributed by atoms with Crippen LogP contribution in [0.1, 0.15) is 68.6 Å². The lowest BCUT2D eigenvalue weighted by Gasteiger charge is -2.49. The second-order valence-electron chi connectivity index (χ2n) is 10.2. The smallest absolute Gasteiger partial charge is 0.352 e. The van der Waals surface area contributed by atoms with Gasteiger partial charge < -0.3 is 26.3 Å². The van der Waals surface area contributed by atoms with Crippen molar-refractivity contribution in [3.63, 3.8) is 0 Å². The number of carbonyl (C=O) groups is 4. The molecule has 44 heavy (non-hydrogen) atoms. The fourth-order valence-corrected chi connectivity index (χ4v) is 6.57. The summed E-state index contributed by atoms with van der Waals surface area (Å²) in [5.74, 6) is -2.42. The number of thioether (sulfide) groups is 1. The lowest BCUT2D eigenvalue weighted by Crippen LogP contribution is -2.71. The molecule has 0 aliphatic carbocycles. The lowest BCUT2D eigenvalue weighted by atomic mass is 10.0. The number of carbonyl (C=O) groups excluding carboxylic acids is 3. The summed E-state index contributed by atoms with van der Waals surface area (Å²) in [7, 11) is 0. The summed E-state index contributed by atoms with van der Waals surface area (Å²) in [6.07, 6.45) is 10.3. The van der Waals surface area contributed by atoms with Gasteiger partial charge in [0.15, 0.2) is 24.1 Å². The van der Waals surface area contributed by atoms with Crippen LogP contribution in [0.25, 0.3) is 0 Å². The number of unbranched alkanes of at least 4 members (excludes halogenated alkanes) is 5. The molecular formula is C28H37N8O6S2+. The third kappa shape index (κ3) is 7.91.